The maximum Gasteiger partial charge on any atom is 0.307 e. The van der Waals surface area contributed by atoms with Gasteiger partial charge in [-0.1, -0.05) is 36.4 Å². The molecule has 0 aromatic heterocycles. The summed E-state index contributed by atoms with van der Waals surface area (Å²) in [6.45, 7) is 1.29. The van der Waals surface area contributed by atoms with Crippen LogP contribution in [0.25, 0.3) is 0 Å². The molecule has 4 heteroatoms. The van der Waals surface area contributed by atoms with Crippen LogP contribution in [-0.2, 0) is 29.1 Å². The molecule has 2 N–H and O–H groups in total. The first-order valence-corrected chi connectivity index (χ1v) is 6.79. The fourth-order valence-corrected chi connectivity index (χ4v) is 2.09. The highest BCUT2D eigenvalue weighted by Crippen LogP contribution is 2.13. The van der Waals surface area contributed by atoms with E-state index in [1.54, 1.807) is 7.11 Å². The first-order chi connectivity index (χ1) is 10.2. The normalized spacial score (nSPS) is 10.3. The van der Waals surface area contributed by atoms with Gasteiger partial charge in [0.15, 0.2) is 0 Å². The maximum absolute atomic E-state index is 10.6. The van der Waals surface area contributed by atoms with Gasteiger partial charge in [0.2, 0.25) is 0 Å². The Morgan fingerprint density at radius 1 is 1.10 bits per heavy atom. The molecule has 0 aliphatic rings. The second kappa shape index (κ2) is 7.45. The number of benzene rings is 2. The van der Waals surface area contributed by atoms with Crippen molar-refractivity contribution in [1.29, 1.82) is 0 Å². The van der Waals surface area contributed by atoms with E-state index in [4.69, 9.17) is 9.84 Å². The van der Waals surface area contributed by atoms with Crippen LogP contribution in [0.4, 0.5) is 5.69 Å². The molecule has 21 heavy (non-hydrogen) atoms. The van der Waals surface area contributed by atoms with Crippen LogP contribution in [0, 0.1) is 0 Å². The second-order valence-corrected chi connectivity index (χ2v) is 4.87. The van der Waals surface area contributed by atoms with Crippen molar-refractivity contribution in [2.75, 3.05) is 12.4 Å². The Hall–Kier alpha value is -2.33. The van der Waals surface area contributed by atoms with E-state index in [0.29, 0.717) is 13.2 Å². The van der Waals surface area contributed by atoms with Crippen LogP contribution in [0.2, 0.25) is 0 Å². The molecule has 0 atom stereocenters. The van der Waals surface area contributed by atoms with E-state index in [9.17, 15) is 4.79 Å². The Kier molecular flexibility index (Phi) is 5.35. The lowest BCUT2D eigenvalue weighted by molar-refractivity contribution is -0.136. The average Bonchev–Trinajstić information content (AvgIpc) is 2.47. The van der Waals surface area contributed by atoms with Crippen molar-refractivity contribution >= 4 is 11.7 Å². The minimum atomic E-state index is -0.809. The number of carbonyl (C=O) groups is 1. The number of ether oxygens (including phenoxy) is 1. The van der Waals surface area contributed by atoms with Gasteiger partial charge < -0.3 is 15.2 Å². The third-order valence-corrected chi connectivity index (χ3v) is 3.11. The van der Waals surface area contributed by atoms with Gasteiger partial charge >= 0.3 is 5.97 Å². The fraction of sp³-hybridized carbons (Fsp3) is 0.235. The summed E-state index contributed by atoms with van der Waals surface area (Å²) in [5, 5.41) is 12.1. The Morgan fingerprint density at radius 3 is 2.48 bits per heavy atom. The molecule has 0 bridgehead atoms. The molecule has 0 saturated carbocycles. The Bertz CT molecular complexity index is 593. The van der Waals surface area contributed by atoms with Crippen molar-refractivity contribution < 1.29 is 14.6 Å². The van der Waals surface area contributed by atoms with Gasteiger partial charge in [0.1, 0.15) is 0 Å². The van der Waals surface area contributed by atoms with Gasteiger partial charge in [0, 0.05) is 19.3 Å². The van der Waals surface area contributed by atoms with E-state index < -0.39 is 5.97 Å². The van der Waals surface area contributed by atoms with Crippen LogP contribution in [0.15, 0.2) is 48.5 Å². The third-order valence-electron chi connectivity index (χ3n) is 3.11. The molecule has 0 aliphatic heterocycles. The Morgan fingerprint density at radius 2 is 1.81 bits per heavy atom. The lowest BCUT2D eigenvalue weighted by Gasteiger charge is -2.09. The van der Waals surface area contributed by atoms with Crippen molar-refractivity contribution in [3.05, 3.63) is 65.2 Å². The van der Waals surface area contributed by atoms with E-state index in [-0.39, 0.29) is 6.42 Å². The minimum absolute atomic E-state index is 0.0623. The zero-order valence-electron chi connectivity index (χ0n) is 12.0. The maximum atomic E-state index is 10.6. The number of carboxylic acids is 1. The standard InChI is InChI=1S/C17H19NO3/c1-21-12-15-3-2-4-16(9-15)18-11-14-7-5-13(6-8-14)10-17(19)20/h2-9,18H,10-12H2,1H3,(H,19,20). The molecule has 0 fully saturated rings. The molecule has 0 heterocycles. The molecule has 4 nitrogen and oxygen atoms in total. The van der Waals surface area contributed by atoms with Gasteiger partial charge in [-0.2, -0.15) is 0 Å². The molecule has 0 spiro atoms. The highest BCUT2D eigenvalue weighted by Gasteiger charge is 2.01. The van der Waals surface area contributed by atoms with Gasteiger partial charge in [0.05, 0.1) is 13.0 Å². The number of hydrogen-bond donors (Lipinski definition) is 2. The summed E-state index contributed by atoms with van der Waals surface area (Å²) >= 11 is 0. The molecule has 110 valence electrons. The van der Waals surface area contributed by atoms with Crippen LogP contribution in [-0.4, -0.2) is 18.2 Å². The highest BCUT2D eigenvalue weighted by atomic mass is 16.5. The Balaban J connectivity index is 1.93. The summed E-state index contributed by atoms with van der Waals surface area (Å²) < 4.78 is 5.11. The number of carboxylic acid groups (broad SMARTS) is 1. The Labute approximate surface area is 124 Å². The van der Waals surface area contributed by atoms with Crippen molar-refractivity contribution in [2.45, 2.75) is 19.6 Å². The average molecular weight is 285 g/mol. The quantitative estimate of drug-likeness (QED) is 0.821. The number of hydrogen-bond acceptors (Lipinski definition) is 3. The number of nitrogens with one attached hydrogen (secondary N) is 1. The molecule has 0 radical (unpaired) electrons. The van der Waals surface area contributed by atoms with Gasteiger partial charge in [-0.3, -0.25) is 4.79 Å². The SMILES string of the molecule is COCc1cccc(NCc2ccc(CC(=O)O)cc2)c1. The monoisotopic (exact) mass is 285 g/mol. The molecular weight excluding hydrogens is 266 g/mol. The number of anilines is 1. The molecule has 0 saturated heterocycles. The number of rotatable bonds is 7. The molecule has 2 aromatic rings. The van der Waals surface area contributed by atoms with Crippen molar-refractivity contribution in [3.63, 3.8) is 0 Å². The van der Waals surface area contributed by atoms with Gasteiger partial charge in [-0.15, -0.1) is 0 Å². The highest BCUT2D eigenvalue weighted by molar-refractivity contribution is 5.70. The lowest BCUT2D eigenvalue weighted by atomic mass is 10.1. The van der Waals surface area contributed by atoms with Crippen LogP contribution < -0.4 is 5.32 Å². The van der Waals surface area contributed by atoms with E-state index >= 15 is 0 Å². The third kappa shape index (κ3) is 4.93. The zero-order valence-corrected chi connectivity index (χ0v) is 12.0. The molecule has 2 rings (SSSR count). The summed E-state index contributed by atoms with van der Waals surface area (Å²) in [6.07, 6.45) is 0.0623. The van der Waals surface area contributed by atoms with E-state index in [1.165, 1.54) is 0 Å². The van der Waals surface area contributed by atoms with Crippen LogP contribution in [0.3, 0.4) is 0 Å². The van der Waals surface area contributed by atoms with Crippen molar-refractivity contribution in [2.24, 2.45) is 0 Å². The lowest BCUT2D eigenvalue weighted by Crippen LogP contribution is -2.02. The molecule has 0 unspecified atom stereocenters. The minimum Gasteiger partial charge on any atom is -0.481 e. The topological polar surface area (TPSA) is 58.6 Å². The van der Waals surface area contributed by atoms with E-state index in [2.05, 4.69) is 11.4 Å². The zero-order chi connectivity index (χ0) is 15.1. The molecular formula is C17H19NO3. The summed E-state index contributed by atoms with van der Waals surface area (Å²) in [4.78, 5) is 10.6. The van der Waals surface area contributed by atoms with Crippen LogP contribution in [0.1, 0.15) is 16.7 Å². The largest absolute Gasteiger partial charge is 0.481 e. The summed E-state index contributed by atoms with van der Waals surface area (Å²) in [5.41, 5.74) is 4.09. The summed E-state index contributed by atoms with van der Waals surface area (Å²) in [7, 11) is 1.68. The number of aliphatic carboxylic acids is 1. The summed E-state index contributed by atoms with van der Waals surface area (Å²) in [5.74, 6) is -0.809. The molecule has 0 amide bonds. The first kappa shape index (κ1) is 15.1. The van der Waals surface area contributed by atoms with Gasteiger partial charge in [-0.05, 0) is 28.8 Å². The molecule has 0 aliphatic carbocycles. The fourth-order valence-electron chi connectivity index (χ4n) is 2.09. The van der Waals surface area contributed by atoms with E-state index in [1.807, 2.05) is 42.5 Å². The first-order valence-electron chi connectivity index (χ1n) is 6.79. The van der Waals surface area contributed by atoms with Crippen molar-refractivity contribution in [1.82, 2.24) is 0 Å². The molecule has 2 aromatic carbocycles. The van der Waals surface area contributed by atoms with Gasteiger partial charge in [0.25, 0.3) is 0 Å². The smallest absolute Gasteiger partial charge is 0.307 e. The van der Waals surface area contributed by atoms with Crippen LogP contribution >= 0.6 is 0 Å². The number of methoxy groups -OCH3 is 1. The van der Waals surface area contributed by atoms with E-state index in [0.717, 1.165) is 22.4 Å². The van der Waals surface area contributed by atoms with Crippen molar-refractivity contribution in [3.8, 4) is 0 Å². The predicted molar refractivity (Wildman–Crippen MR) is 82.3 cm³/mol. The summed E-state index contributed by atoms with van der Waals surface area (Å²) in [6, 6.07) is 15.7. The predicted octanol–water partition coefficient (Wildman–Crippen LogP) is 3.07. The second-order valence-electron chi connectivity index (χ2n) is 4.87. The van der Waals surface area contributed by atoms with Gasteiger partial charge in [-0.25, -0.2) is 0 Å². The van der Waals surface area contributed by atoms with Crippen LogP contribution in [0.5, 0.6) is 0 Å².